The summed E-state index contributed by atoms with van der Waals surface area (Å²) < 4.78 is 0. The highest BCUT2D eigenvalue weighted by atomic mass is 35.5. The van der Waals surface area contributed by atoms with Gasteiger partial charge in [0.05, 0.1) is 0 Å². The van der Waals surface area contributed by atoms with Crippen LogP contribution in [-0.4, -0.2) is 29.6 Å². The average molecular weight is 299 g/mol. The molecule has 4 heteroatoms. The van der Waals surface area contributed by atoms with Crippen LogP contribution >= 0.6 is 23.4 Å². The molecule has 0 spiro atoms. The maximum atomic E-state index is 6.01. The smallest absolute Gasteiger partial charge is 0.129 e. The molecule has 0 bridgehead atoms. The Labute approximate surface area is 125 Å². The number of aromatic nitrogens is 1. The zero-order chi connectivity index (χ0) is 13.7. The van der Waals surface area contributed by atoms with Crippen LogP contribution in [0.1, 0.15) is 37.4 Å². The molecule has 0 radical (unpaired) electrons. The Bertz CT molecular complexity index is 403. The number of thioether (sulfide) groups is 1. The zero-order valence-electron chi connectivity index (χ0n) is 11.9. The molecule has 1 aromatic heterocycles. The molecule has 106 valence electrons. The number of halogens is 1. The SMILES string of the molecule is CCCc1cc(CCl)cc(N2CCC(SC)CC2)n1. The molecular weight excluding hydrogens is 276 g/mol. The number of pyridine rings is 1. The van der Waals surface area contributed by atoms with Crippen molar-refractivity contribution in [1.29, 1.82) is 0 Å². The minimum Gasteiger partial charge on any atom is -0.357 e. The van der Waals surface area contributed by atoms with Crippen molar-refractivity contribution in [3.8, 4) is 0 Å². The van der Waals surface area contributed by atoms with E-state index in [1.165, 1.54) is 24.1 Å². The molecule has 19 heavy (non-hydrogen) atoms. The van der Waals surface area contributed by atoms with E-state index in [0.29, 0.717) is 5.88 Å². The normalized spacial score (nSPS) is 16.9. The summed E-state index contributed by atoms with van der Waals surface area (Å²) in [5.41, 5.74) is 2.38. The van der Waals surface area contributed by atoms with Crippen LogP contribution in [0.5, 0.6) is 0 Å². The quantitative estimate of drug-likeness (QED) is 0.761. The summed E-state index contributed by atoms with van der Waals surface area (Å²) in [5.74, 6) is 1.70. The van der Waals surface area contributed by atoms with Gasteiger partial charge in [0.1, 0.15) is 5.82 Å². The molecule has 0 unspecified atom stereocenters. The summed E-state index contributed by atoms with van der Waals surface area (Å²) in [6.07, 6.45) is 6.91. The van der Waals surface area contributed by atoms with Crippen molar-refractivity contribution in [3.63, 3.8) is 0 Å². The number of hydrogen-bond donors (Lipinski definition) is 0. The van der Waals surface area contributed by atoms with Gasteiger partial charge in [0.2, 0.25) is 0 Å². The molecule has 1 fully saturated rings. The van der Waals surface area contributed by atoms with Crippen molar-refractivity contribution in [2.24, 2.45) is 0 Å². The van der Waals surface area contributed by atoms with Gasteiger partial charge in [0.25, 0.3) is 0 Å². The van der Waals surface area contributed by atoms with Gasteiger partial charge in [-0.25, -0.2) is 4.98 Å². The van der Waals surface area contributed by atoms with E-state index in [4.69, 9.17) is 16.6 Å². The molecule has 2 nitrogen and oxygen atoms in total. The Morgan fingerprint density at radius 2 is 2.11 bits per heavy atom. The fourth-order valence-electron chi connectivity index (χ4n) is 2.58. The van der Waals surface area contributed by atoms with Gasteiger partial charge in [0.15, 0.2) is 0 Å². The van der Waals surface area contributed by atoms with Crippen LogP contribution in [0.25, 0.3) is 0 Å². The molecule has 0 amide bonds. The van der Waals surface area contributed by atoms with E-state index in [1.54, 1.807) is 0 Å². The largest absolute Gasteiger partial charge is 0.357 e. The number of anilines is 1. The molecule has 2 rings (SSSR count). The van der Waals surface area contributed by atoms with Gasteiger partial charge in [-0.15, -0.1) is 11.6 Å². The van der Waals surface area contributed by atoms with Gasteiger partial charge < -0.3 is 4.90 Å². The lowest BCUT2D eigenvalue weighted by atomic mass is 10.1. The van der Waals surface area contributed by atoms with Gasteiger partial charge in [-0.05, 0) is 43.2 Å². The second-order valence-corrected chi connectivity index (χ2v) is 6.54. The molecule has 1 saturated heterocycles. The summed E-state index contributed by atoms with van der Waals surface area (Å²) in [5, 5.41) is 0.822. The predicted molar refractivity (Wildman–Crippen MR) is 86.5 cm³/mol. The van der Waals surface area contributed by atoms with Crippen molar-refractivity contribution >= 4 is 29.2 Å². The van der Waals surface area contributed by atoms with Gasteiger partial charge in [-0.2, -0.15) is 11.8 Å². The molecule has 1 aliphatic heterocycles. The lowest BCUT2D eigenvalue weighted by molar-refractivity contribution is 0.586. The molecular formula is C15H23ClN2S. The van der Waals surface area contributed by atoms with Gasteiger partial charge in [0, 0.05) is 29.9 Å². The van der Waals surface area contributed by atoms with E-state index in [2.05, 4.69) is 30.2 Å². The van der Waals surface area contributed by atoms with Crippen molar-refractivity contribution in [2.75, 3.05) is 24.2 Å². The van der Waals surface area contributed by atoms with Crippen LogP contribution in [0, 0.1) is 0 Å². The average Bonchev–Trinajstić information content (AvgIpc) is 2.47. The number of rotatable bonds is 5. The first-order chi connectivity index (χ1) is 9.26. The van der Waals surface area contributed by atoms with Crippen LogP contribution in [0.3, 0.4) is 0 Å². The summed E-state index contributed by atoms with van der Waals surface area (Å²) in [6, 6.07) is 4.31. The van der Waals surface area contributed by atoms with E-state index in [-0.39, 0.29) is 0 Å². The molecule has 0 saturated carbocycles. The number of aryl methyl sites for hydroxylation is 1. The fraction of sp³-hybridized carbons (Fsp3) is 0.667. The number of alkyl halides is 1. The maximum Gasteiger partial charge on any atom is 0.129 e. The fourth-order valence-corrected chi connectivity index (χ4v) is 3.41. The van der Waals surface area contributed by atoms with E-state index in [9.17, 15) is 0 Å². The number of piperidine rings is 1. The van der Waals surface area contributed by atoms with Crippen LogP contribution in [0.2, 0.25) is 0 Å². The molecule has 0 aromatic carbocycles. The topological polar surface area (TPSA) is 16.1 Å². The van der Waals surface area contributed by atoms with E-state index in [1.807, 2.05) is 11.8 Å². The molecule has 1 aliphatic rings. The number of hydrogen-bond acceptors (Lipinski definition) is 3. The Morgan fingerprint density at radius 3 is 2.68 bits per heavy atom. The van der Waals surface area contributed by atoms with Crippen LogP contribution in [0.4, 0.5) is 5.82 Å². The first kappa shape index (κ1) is 15.0. The number of nitrogens with zero attached hydrogens (tertiary/aromatic N) is 2. The van der Waals surface area contributed by atoms with E-state index in [0.717, 1.165) is 37.0 Å². The minimum absolute atomic E-state index is 0.577. The molecule has 2 heterocycles. The van der Waals surface area contributed by atoms with Crippen LogP contribution in [-0.2, 0) is 12.3 Å². The lowest BCUT2D eigenvalue weighted by Gasteiger charge is -2.32. The summed E-state index contributed by atoms with van der Waals surface area (Å²) in [4.78, 5) is 7.22. The Kier molecular flexibility index (Phi) is 5.83. The molecule has 0 N–H and O–H groups in total. The first-order valence-electron chi connectivity index (χ1n) is 7.10. The summed E-state index contributed by atoms with van der Waals surface area (Å²) >= 11 is 8.00. The highest BCUT2D eigenvalue weighted by Gasteiger charge is 2.19. The Balaban J connectivity index is 2.12. The van der Waals surface area contributed by atoms with Gasteiger partial charge >= 0.3 is 0 Å². The highest BCUT2D eigenvalue weighted by Crippen LogP contribution is 2.25. The highest BCUT2D eigenvalue weighted by molar-refractivity contribution is 7.99. The summed E-state index contributed by atoms with van der Waals surface area (Å²) in [6.45, 7) is 4.43. The monoisotopic (exact) mass is 298 g/mol. The van der Waals surface area contributed by atoms with Gasteiger partial charge in [-0.3, -0.25) is 0 Å². The molecule has 0 aliphatic carbocycles. The van der Waals surface area contributed by atoms with Crippen molar-refractivity contribution in [3.05, 3.63) is 23.4 Å². The zero-order valence-corrected chi connectivity index (χ0v) is 13.4. The molecule has 0 atom stereocenters. The van der Waals surface area contributed by atoms with Crippen LogP contribution in [0.15, 0.2) is 12.1 Å². The predicted octanol–water partition coefficient (Wildman–Crippen LogP) is 4.10. The van der Waals surface area contributed by atoms with Crippen LogP contribution < -0.4 is 4.90 Å². The second kappa shape index (κ2) is 7.39. The van der Waals surface area contributed by atoms with E-state index < -0.39 is 0 Å². The lowest BCUT2D eigenvalue weighted by Crippen LogP contribution is -2.35. The maximum absolute atomic E-state index is 6.01. The first-order valence-corrected chi connectivity index (χ1v) is 8.92. The van der Waals surface area contributed by atoms with Gasteiger partial charge in [-0.1, -0.05) is 13.3 Å². The minimum atomic E-state index is 0.577. The Hall–Kier alpha value is -0.410. The third-order valence-corrected chi connectivity index (χ3v) is 5.13. The molecule has 1 aromatic rings. The standard InChI is InChI=1S/C15H23ClN2S/c1-3-4-13-9-12(11-16)10-15(17-13)18-7-5-14(19-2)6-8-18/h9-10,14H,3-8,11H2,1-2H3. The second-order valence-electron chi connectivity index (χ2n) is 5.13. The van der Waals surface area contributed by atoms with Crippen molar-refractivity contribution in [1.82, 2.24) is 4.98 Å². The Morgan fingerprint density at radius 1 is 1.37 bits per heavy atom. The summed E-state index contributed by atoms with van der Waals surface area (Å²) in [7, 11) is 0. The van der Waals surface area contributed by atoms with Crippen molar-refractivity contribution < 1.29 is 0 Å². The third-order valence-electron chi connectivity index (χ3n) is 3.68. The third kappa shape index (κ3) is 4.03. The van der Waals surface area contributed by atoms with Crippen molar-refractivity contribution in [2.45, 2.75) is 43.7 Å². The van der Waals surface area contributed by atoms with E-state index >= 15 is 0 Å².